The van der Waals surface area contributed by atoms with Crippen LogP contribution in [0, 0.1) is 5.92 Å². The lowest BCUT2D eigenvalue weighted by Gasteiger charge is -2.46. The van der Waals surface area contributed by atoms with E-state index in [1.807, 2.05) is 13.8 Å². The molecule has 1 aliphatic heterocycles. The molecule has 7 heteroatoms. The van der Waals surface area contributed by atoms with E-state index in [9.17, 15) is 18.4 Å². The molecule has 0 N–H and O–H groups in total. The molecule has 1 saturated carbocycles. The molecule has 0 spiro atoms. The molecule has 1 heterocycles. The minimum atomic E-state index is -2.70. The van der Waals surface area contributed by atoms with Crippen molar-refractivity contribution in [3.63, 3.8) is 0 Å². The number of nitrogens with zero attached hydrogens (tertiary/aromatic N) is 2. The van der Waals surface area contributed by atoms with Gasteiger partial charge in [-0.3, -0.25) is 4.79 Å². The maximum absolute atomic E-state index is 13.0. The molecule has 2 aliphatic rings. The molecule has 0 aromatic heterocycles. The molecule has 2 atom stereocenters. The van der Waals surface area contributed by atoms with Gasteiger partial charge in [-0.1, -0.05) is 0 Å². The van der Waals surface area contributed by atoms with E-state index in [0.717, 1.165) is 0 Å². The zero-order valence-corrected chi connectivity index (χ0v) is 14.4. The average molecular weight is 332 g/mol. The van der Waals surface area contributed by atoms with Gasteiger partial charge in [-0.05, 0) is 34.6 Å². The molecule has 5 nitrogen and oxygen atoms in total. The highest BCUT2D eigenvalue weighted by molar-refractivity contribution is 5.81. The SMILES string of the molecule is C[C@@H]1CN(C(=O)OC(C)(C)C)[C@@H](C)CN1C(=O)C1CC(F)(F)C1. The minimum Gasteiger partial charge on any atom is -0.444 e. The third-order valence-corrected chi connectivity index (χ3v) is 4.34. The van der Waals surface area contributed by atoms with Gasteiger partial charge in [0.15, 0.2) is 0 Å². The summed E-state index contributed by atoms with van der Waals surface area (Å²) in [7, 11) is 0. The number of halogens is 2. The van der Waals surface area contributed by atoms with Gasteiger partial charge in [0.2, 0.25) is 11.8 Å². The van der Waals surface area contributed by atoms with Crippen molar-refractivity contribution in [3.05, 3.63) is 0 Å². The Bertz CT molecular complexity index is 482. The summed E-state index contributed by atoms with van der Waals surface area (Å²) in [5.41, 5.74) is -0.579. The quantitative estimate of drug-likeness (QED) is 0.742. The number of ether oxygens (including phenoxy) is 1. The highest BCUT2D eigenvalue weighted by Gasteiger charge is 2.51. The van der Waals surface area contributed by atoms with Crippen molar-refractivity contribution in [1.29, 1.82) is 0 Å². The monoisotopic (exact) mass is 332 g/mol. The average Bonchev–Trinajstić information content (AvgIpc) is 2.35. The first kappa shape index (κ1) is 17.9. The normalized spacial score (nSPS) is 28.3. The van der Waals surface area contributed by atoms with E-state index in [2.05, 4.69) is 0 Å². The Balaban J connectivity index is 1.97. The van der Waals surface area contributed by atoms with Crippen LogP contribution in [-0.2, 0) is 9.53 Å². The van der Waals surface area contributed by atoms with Gasteiger partial charge in [-0.25, -0.2) is 13.6 Å². The van der Waals surface area contributed by atoms with Crippen LogP contribution >= 0.6 is 0 Å². The molecule has 2 amide bonds. The zero-order chi connectivity index (χ0) is 17.6. The fraction of sp³-hybridized carbons (Fsp3) is 0.875. The Morgan fingerprint density at radius 2 is 1.52 bits per heavy atom. The van der Waals surface area contributed by atoms with E-state index in [4.69, 9.17) is 4.74 Å². The van der Waals surface area contributed by atoms with Crippen molar-refractivity contribution in [2.24, 2.45) is 5.92 Å². The van der Waals surface area contributed by atoms with Gasteiger partial charge >= 0.3 is 6.09 Å². The molecule has 0 bridgehead atoms. The molecule has 0 radical (unpaired) electrons. The van der Waals surface area contributed by atoms with E-state index in [-0.39, 0.29) is 30.8 Å². The molecule has 2 rings (SSSR count). The minimum absolute atomic E-state index is 0.203. The fourth-order valence-corrected chi connectivity index (χ4v) is 3.08. The molecule has 2 fully saturated rings. The number of amides is 2. The maximum Gasteiger partial charge on any atom is 0.410 e. The van der Waals surface area contributed by atoms with Crippen molar-refractivity contribution in [3.8, 4) is 0 Å². The van der Waals surface area contributed by atoms with Crippen LogP contribution in [0.3, 0.4) is 0 Å². The highest BCUT2D eigenvalue weighted by atomic mass is 19.3. The number of piperazine rings is 1. The molecule has 0 aromatic carbocycles. The van der Waals surface area contributed by atoms with Gasteiger partial charge in [-0.15, -0.1) is 0 Å². The second-order valence-electron chi connectivity index (χ2n) is 7.78. The summed E-state index contributed by atoms with van der Waals surface area (Å²) in [6.45, 7) is 9.77. The lowest BCUT2D eigenvalue weighted by molar-refractivity contribution is -0.164. The predicted molar refractivity (Wildman–Crippen MR) is 81.2 cm³/mol. The standard InChI is InChI=1S/C16H26F2N2O3/c1-10-9-20(14(22)23-15(3,4)5)11(2)8-19(10)13(21)12-6-16(17,18)7-12/h10-12H,6-9H2,1-5H3/t10-,11+/m1/s1. The first-order chi connectivity index (χ1) is 10.4. The zero-order valence-electron chi connectivity index (χ0n) is 14.4. The van der Waals surface area contributed by atoms with Crippen LogP contribution in [-0.4, -0.2) is 58.5 Å². The Kier molecular flexibility index (Phi) is 4.61. The van der Waals surface area contributed by atoms with Crippen molar-refractivity contribution in [2.45, 2.75) is 71.1 Å². The van der Waals surface area contributed by atoms with Crippen LogP contribution < -0.4 is 0 Å². The third kappa shape index (κ3) is 4.12. The van der Waals surface area contributed by atoms with E-state index >= 15 is 0 Å². The lowest BCUT2D eigenvalue weighted by Crippen LogP contribution is -2.62. The second kappa shape index (κ2) is 5.91. The van der Waals surface area contributed by atoms with Crippen LogP contribution in [0.4, 0.5) is 13.6 Å². The van der Waals surface area contributed by atoms with Gasteiger partial charge in [0.05, 0.1) is 0 Å². The van der Waals surface area contributed by atoms with Crippen LogP contribution in [0.1, 0.15) is 47.5 Å². The summed E-state index contributed by atoms with van der Waals surface area (Å²) in [6.07, 6.45) is -1.13. The fourth-order valence-electron chi connectivity index (χ4n) is 3.08. The molecule has 1 aliphatic carbocycles. The number of alkyl halides is 2. The topological polar surface area (TPSA) is 49.9 Å². The summed E-state index contributed by atoms with van der Waals surface area (Å²) in [6, 6.07) is -0.411. The number of hydrogen-bond donors (Lipinski definition) is 0. The van der Waals surface area contributed by atoms with E-state index < -0.39 is 23.5 Å². The van der Waals surface area contributed by atoms with Crippen molar-refractivity contribution in [1.82, 2.24) is 9.80 Å². The molecular formula is C16H26F2N2O3. The van der Waals surface area contributed by atoms with Gasteiger partial charge in [0.1, 0.15) is 5.60 Å². The van der Waals surface area contributed by atoms with Crippen molar-refractivity contribution in [2.75, 3.05) is 13.1 Å². The van der Waals surface area contributed by atoms with Crippen LogP contribution in [0.2, 0.25) is 0 Å². The van der Waals surface area contributed by atoms with Gasteiger partial charge in [0.25, 0.3) is 0 Å². The number of hydrogen-bond acceptors (Lipinski definition) is 3. The molecule has 0 aromatic rings. The first-order valence-corrected chi connectivity index (χ1v) is 8.07. The maximum atomic E-state index is 13.0. The van der Waals surface area contributed by atoms with Gasteiger partial charge < -0.3 is 14.5 Å². The number of carbonyl (C=O) groups is 2. The summed E-state index contributed by atoms with van der Waals surface area (Å²) in [4.78, 5) is 27.9. The van der Waals surface area contributed by atoms with E-state index in [0.29, 0.717) is 13.1 Å². The van der Waals surface area contributed by atoms with Crippen molar-refractivity contribution >= 4 is 12.0 Å². The Morgan fingerprint density at radius 3 is 2.00 bits per heavy atom. The summed E-state index contributed by atoms with van der Waals surface area (Å²) >= 11 is 0. The lowest BCUT2D eigenvalue weighted by atomic mass is 9.80. The molecular weight excluding hydrogens is 306 g/mol. The smallest absolute Gasteiger partial charge is 0.410 e. The summed E-state index contributed by atoms with van der Waals surface area (Å²) in [5, 5.41) is 0. The van der Waals surface area contributed by atoms with Crippen LogP contribution in [0.15, 0.2) is 0 Å². The number of carbonyl (C=O) groups excluding carboxylic acids is 2. The van der Waals surface area contributed by atoms with E-state index in [1.165, 1.54) is 0 Å². The summed E-state index contributed by atoms with van der Waals surface area (Å²) in [5.74, 6) is -3.51. The highest BCUT2D eigenvalue weighted by Crippen LogP contribution is 2.43. The Labute approximate surface area is 135 Å². The Morgan fingerprint density at radius 1 is 1.04 bits per heavy atom. The molecule has 1 saturated heterocycles. The largest absolute Gasteiger partial charge is 0.444 e. The van der Waals surface area contributed by atoms with Crippen LogP contribution in [0.5, 0.6) is 0 Å². The predicted octanol–water partition coefficient (Wildman–Crippen LogP) is 2.89. The van der Waals surface area contributed by atoms with Crippen LogP contribution in [0.25, 0.3) is 0 Å². The van der Waals surface area contributed by atoms with Gasteiger partial charge in [-0.2, -0.15) is 0 Å². The second-order valence-corrected chi connectivity index (χ2v) is 7.78. The molecule has 23 heavy (non-hydrogen) atoms. The number of rotatable bonds is 1. The first-order valence-electron chi connectivity index (χ1n) is 8.07. The summed E-state index contributed by atoms with van der Waals surface area (Å²) < 4.78 is 31.3. The molecule has 132 valence electrons. The van der Waals surface area contributed by atoms with E-state index in [1.54, 1.807) is 30.6 Å². The van der Waals surface area contributed by atoms with Crippen molar-refractivity contribution < 1.29 is 23.1 Å². The van der Waals surface area contributed by atoms with Gasteiger partial charge in [0, 0.05) is 43.9 Å². The molecule has 0 unspecified atom stereocenters. The Hall–Kier alpha value is -1.40. The third-order valence-electron chi connectivity index (χ3n) is 4.34.